The summed E-state index contributed by atoms with van der Waals surface area (Å²) in [5, 5.41) is 16.7. The Balaban J connectivity index is 2.07. The third-order valence-corrected chi connectivity index (χ3v) is 3.20. The molecular weight excluding hydrogens is 254 g/mol. The van der Waals surface area contributed by atoms with E-state index in [2.05, 4.69) is 27.3 Å². The highest BCUT2D eigenvalue weighted by Gasteiger charge is 2.12. The zero-order chi connectivity index (χ0) is 14.4. The summed E-state index contributed by atoms with van der Waals surface area (Å²) in [4.78, 5) is 8.69. The Morgan fingerprint density at radius 3 is 2.90 bits per heavy atom. The van der Waals surface area contributed by atoms with Crippen LogP contribution in [0.3, 0.4) is 0 Å². The zero-order valence-electron chi connectivity index (χ0n) is 11.9. The van der Waals surface area contributed by atoms with Crippen LogP contribution in [0.15, 0.2) is 30.9 Å². The Labute approximate surface area is 118 Å². The van der Waals surface area contributed by atoms with Gasteiger partial charge >= 0.3 is 0 Å². The van der Waals surface area contributed by atoms with Crippen molar-refractivity contribution in [3.05, 3.63) is 30.9 Å². The molecule has 0 unspecified atom stereocenters. The Morgan fingerprint density at radius 2 is 2.25 bits per heavy atom. The second kappa shape index (κ2) is 7.00. The molecule has 0 aromatic carbocycles. The van der Waals surface area contributed by atoms with Crippen molar-refractivity contribution in [2.45, 2.75) is 32.7 Å². The molecule has 0 aliphatic rings. The number of nitrogens with one attached hydrogen (secondary N) is 1. The molecule has 0 aliphatic heterocycles. The molecule has 6 heteroatoms. The molecule has 2 rings (SSSR count). The van der Waals surface area contributed by atoms with Gasteiger partial charge in [-0.2, -0.15) is 5.10 Å². The molecule has 0 saturated heterocycles. The van der Waals surface area contributed by atoms with Crippen molar-refractivity contribution in [3.8, 4) is 5.82 Å². The van der Waals surface area contributed by atoms with Gasteiger partial charge < -0.3 is 10.4 Å². The van der Waals surface area contributed by atoms with Crippen LogP contribution in [0.1, 0.15) is 26.7 Å². The van der Waals surface area contributed by atoms with Crippen molar-refractivity contribution in [2.24, 2.45) is 5.92 Å². The van der Waals surface area contributed by atoms with Gasteiger partial charge in [-0.3, -0.25) is 4.98 Å². The third kappa shape index (κ3) is 3.77. The molecule has 0 amide bonds. The lowest BCUT2D eigenvalue weighted by Gasteiger charge is -2.20. The second-order valence-electron chi connectivity index (χ2n) is 4.99. The highest BCUT2D eigenvalue weighted by atomic mass is 16.3. The van der Waals surface area contributed by atoms with Gasteiger partial charge in [0.15, 0.2) is 5.82 Å². The summed E-state index contributed by atoms with van der Waals surface area (Å²) < 4.78 is 1.68. The van der Waals surface area contributed by atoms with E-state index in [0.717, 1.165) is 18.7 Å². The molecular formula is C14H21N5O. The standard InChI is InChI=1S/C14H21N5O/c1-3-12(7-11(2)10-20)17-13-8-15-9-14(18-13)19-6-4-5-16-19/h4-6,8-9,11-12,20H,3,7,10H2,1-2H3,(H,17,18)/t11-,12-/m0/s1. The first-order valence-electron chi connectivity index (χ1n) is 6.92. The van der Waals surface area contributed by atoms with Gasteiger partial charge in [-0.25, -0.2) is 9.67 Å². The minimum Gasteiger partial charge on any atom is -0.396 e. The Kier molecular flexibility index (Phi) is 5.06. The summed E-state index contributed by atoms with van der Waals surface area (Å²) in [6.07, 6.45) is 8.80. The van der Waals surface area contributed by atoms with Crippen LogP contribution >= 0.6 is 0 Å². The van der Waals surface area contributed by atoms with E-state index in [9.17, 15) is 0 Å². The molecule has 2 N–H and O–H groups in total. The summed E-state index contributed by atoms with van der Waals surface area (Å²) in [5.41, 5.74) is 0. The largest absolute Gasteiger partial charge is 0.396 e. The van der Waals surface area contributed by atoms with Crippen molar-refractivity contribution in [1.29, 1.82) is 0 Å². The van der Waals surface area contributed by atoms with Crippen LogP contribution < -0.4 is 5.32 Å². The van der Waals surface area contributed by atoms with E-state index in [1.807, 2.05) is 19.2 Å². The van der Waals surface area contributed by atoms with Crippen molar-refractivity contribution < 1.29 is 5.11 Å². The summed E-state index contributed by atoms with van der Waals surface area (Å²) in [6.45, 7) is 4.36. The molecule has 0 fully saturated rings. The molecule has 0 aliphatic carbocycles. The maximum atomic E-state index is 9.15. The number of aromatic nitrogens is 4. The Hall–Kier alpha value is -1.95. The number of aliphatic hydroxyl groups excluding tert-OH is 1. The predicted molar refractivity (Wildman–Crippen MR) is 77.7 cm³/mol. The van der Waals surface area contributed by atoms with Gasteiger partial charge in [0.05, 0.1) is 12.4 Å². The van der Waals surface area contributed by atoms with Crippen LogP contribution in [0.4, 0.5) is 5.82 Å². The van der Waals surface area contributed by atoms with Gasteiger partial charge in [0, 0.05) is 25.0 Å². The summed E-state index contributed by atoms with van der Waals surface area (Å²) in [7, 11) is 0. The molecule has 0 radical (unpaired) electrons. The first-order chi connectivity index (χ1) is 9.72. The minimum absolute atomic E-state index is 0.206. The van der Waals surface area contributed by atoms with Crippen molar-refractivity contribution in [2.75, 3.05) is 11.9 Å². The number of hydrogen-bond donors (Lipinski definition) is 2. The molecule has 2 aromatic rings. The van der Waals surface area contributed by atoms with E-state index < -0.39 is 0 Å². The lowest BCUT2D eigenvalue weighted by molar-refractivity contribution is 0.224. The third-order valence-electron chi connectivity index (χ3n) is 3.20. The minimum atomic E-state index is 0.206. The molecule has 2 heterocycles. The molecule has 2 aromatic heterocycles. The first-order valence-corrected chi connectivity index (χ1v) is 6.92. The average Bonchev–Trinajstić information content (AvgIpc) is 3.01. The molecule has 0 spiro atoms. The molecule has 108 valence electrons. The Bertz CT molecular complexity index is 514. The van der Waals surface area contributed by atoms with Crippen LogP contribution in [-0.4, -0.2) is 37.5 Å². The Morgan fingerprint density at radius 1 is 1.40 bits per heavy atom. The number of anilines is 1. The SMILES string of the molecule is CC[C@@H](C[C@H](C)CO)Nc1cncc(-n2cccn2)n1. The van der Waals surface area contributed by atoms with Gasteiger partial charge in [0.2, 0.25) is 0 Å². The van der Waals surface area contributed by atoms with Gasteiger partial charge in [-0.15, -0.1) is 0 Å². The monoisotopic (exact) mass is 275 g/mol. The van der Waals surface area contributed by atoms with E-state index in [1.54, 1.807) is 23.3 Å². The van der Waals surface area contributed by atoms with E-state index in [0.29, 0.717) is 5.82 Å². The fourth-order valence-corrected chi connectivity index (χ4v) is 2.04. The molecule has 0 bridgehead atoms. The van der Waals surface area contributed by atoms with Crippen molar-refractivity contribution in [3.63, 3.8) is 0 Å². The van der Waals surface area contributed by atoms with E-state index in [-0.39, 0.29) is 18.6 Å². The van der Waals surface area contributed by atoms with Crippen LogP contribution in [0, 0.1) is 5.92 Å². The van der Waals surface area contributed by atoms with Gasteiger partial charge in [0.25, 0.3) is 0 Å². The van der Waals surface area contributed by atoms with Gasteiger partial charge in [-0.05, 0) is 24.8 Å². The molecule has 0 saturated carbocycles. The van der Waals surface area contributed by atoms with Crippen LogP contribution in [0.5, 0.6) is 0 Å². The summed E-state index contributed by atoms with van der Waals surface area (Å²) in [5.74, 6) is 1.69. The lowest BCUT2D eigenvalue weighted by atomic mass is 10.0. The van der Waals surface area contributed by atoms with Crippen molar-refractivity contribution in [1.82, 2.24) is 19.7 Å². The van der Waals surface area contributed by atoms with Crippen molar-refractivity contribution >= 4 is 5.82 Å². The van der Waals surface area contributed by atoms with Gasteiger partial charge in [0.1, 0.15) is 5.82 Å². The maximum Gasteiger partial charge on any atom is 0.173 e. The topological polar surface area (TPSA) is 75.9 Å². The smallest absolute Gasteiger partial charge is 0.173 e. The van der Waals surface area contributed by atoms with Crippen LogP contribution in [0.2, 0.25) is 0 Å². The predicted octanol–water partition coefficient (Wildman–Crippen LogP) is 1.87. The highest BCUT2D eigenvalue weighted by molar-refractivity contribution is 5.36. The number of nitrogens with zero attached hydrogens (tertiary/aromatic N) is 4. The van der Waals surface area contributed by atoms with E-state index >= 15 is 0 Å². The quantitative estimate of drug-likeness (QED) is 0.806. The summed E-state index contributed by atoms with van der Waals surface area (Å²) >= 11 is 0. The summed E-state index contributed by atoms with van der Waals surface area (Å²) in [6, 6.07) is 2.12. The lowest BCUT2D eigenvalue weighted by Crippen LogP contribution is -2.23. The highest BCUT2D eigenvalue weighted by Crippen LogP contribution is 2.14. The van der Waals surface area contributed by atoms with Crippen LogP contribution in [0.25, 0.3) is 5.82 Å². The number of rotatable bonds is 7. The molecule has 20 heavy (non-hydrogen) atoms. The normalized spacial score (nSPS) is 13.9. The molecule has 2 atom stereocenters. The molecule has 6 nitrogen and oxygen atoms in total. The van der Waals surface area contributed by atoms with Crippen LogP contribution in [-0.2, 0) is 0 Å². The number of aliphatic hydroxyl groups is 1. The number of hydrogen-bond acceptors (Lipinski definition) is 5. The second-order valence-corrected chi connectivity index (χ2v) is 4.99. The van der Waals surface area contributed by atoms with Gasteiger partial charge in [-0.1, -0.05) is 13.8 Å². The fourth-order valence-electron chi connectivity index (χ4n) is 2.04. The zero-order valence-corrected chi connectivity index (χ0v) is 11.9. The first kappa shape index (κ1) is 14.5. The average molecular weight is 275 g/mol. The fraction of sp³-hybridized carbons (Fsp3) is 0.500. The van der Waals surface area contributed by atoms with E-state index in [4.69, 9.17) is 5.11 Å². The maximum absolute atomic E-state index is 9.15. The van der Waals surface area contributed by atoms with E-state index in [1.165, 1.54) is 0 Å².